The lowest BCUT2D eigenvalue weighted by atomic mass is 10.2. The average Bonchev–Trinajstić information content (AvgIpc) is 2.57. The van der Waals surface area contributed by atoms with Crippen molar-refractivity contribution in [1.82, 2.24) is 5.32 Å². The zero-order valence-electron chi connectivity index (χ0n) is 12.4. The first kappa shape index (κ1) is 18.0. The average molecular weight is 439 g/mol. The molecule has 0 aliphatic heterocycles. The molecule has 0 heterocycles. The predicted octanol–water partition coefficient (Wildman–Crippen LogP) is 2.62. The van der Waals surface area contributed by atoms with Crippen LogP contribution in [0.5, 0.6) is 11.5 Å². The van der Waals surface area contributed by atoms with Gasteiger partial charge in [-0.15, -0.1) is 0 Å². The molecule has 124 valence electrons. The summed E-state index contributed by atoms with van der Waals surface area (Å²) in [5.74, 6) is -0.756. The van der Waals surface area contributed by atoms with Crippen LogP contribution in [0.15, 0.2) is 54.2 Å². The van der Waals surface area contributed by atoms with E-state index >= 15 is 0 Å². The first-order valence-electron chi connectivity index (χ1n) is 6.87. The lowest BCUT2D eigenvalue weighted by molar-refractivity contribution is -0.134. The molecule has 0 aliphatic carbocycles. The van der Waals surface area contributed by atoms with E-state index in [-0.39, 0.29) is 5.70 Å². The number of carboxylic acid groups (broad SMARTS) is 1. The molecule has 0 bridgehead atoms. The van der Waals surface area contributed by atoms with Crippen LogP contribution in [0.1, 0.15) is 5.56 Å². The van der Waals surface area contributed by atoms with Crippen LogP contribution in [-0.4, -0.2) is 28.7 Å². The molecule has 0 radical (unpaired) electrons. The Morgan fingerprint density at radius 3 is 2.38 bits per heavy atom. The summed E-state index contributed by atoms with van der Waals surface area (Å²) in [5.41, 5.74) is 0.251. The maximum Gasteiger partial charge on any atom is 0.352 e. The van der Waals surface area contributed by atoms with Gasteiger partial charge in [0, 0.05) is 0 Å². The van der Waals surface area contributed by atoms with Crippen LogP contribution in [0.2, 0.25) is 0 Å². The third kappa shape index (κ3) is 5.07. The minimum atomic E-state index is -1.30. The summed E-state index contributed by atoms with van der Waals surface area (Å²) in [7, 11) is 0. The van der Waals surface area contributed by atoms with Crippen molar-refractivity contribution in [2.24, 2.45) is 0 Å². The Labute approximate surface area is 151 Å². The number of hydrogen-bond donors (Lipinski definition) is 3. The summed E-state index contributed by atoms with van der Waals surface area (Å²) in [5, 5.41) is 19.9. The van der Waals surface area contributed by atoms with E-state index in [0.29, 0.717) is 11.3 Å². The van der Waals surface area contributed by atoms with E-state index < -0.39 is 18.5 Å². The quantitative estimate of drug-likeness (QED) is 0.475. The standard InChI is InChI=1S/C17H14INO5/c18-13-3-1-2-4-15(13)24-12-7-5-11(6-8-12)9-14(17(22)23)19-16(21)10-20/h1-9,20H,10H2,(H,19,21)(H,22,23)/b14-9+. The number of carbonyl (C=O) groups excluding carboxylic acids is 1. The van der Waals surface area contributed by atoms with Crippen LogP contribution >= 0.6 is 22.6 Å². The highest BCUT2D eigenvalue weighted by atomic mass is 127. The molecule has 6 nitrogen and oxygen atoms in total. The number of nitrogens with one attached hydrogen (secondary N) is 1. The molecule has 0 saturated heterocycles. The van der Waals surface area contributed by atoms with E-state index in [2.05, 4.69) is 27.9 Å². The summed E-state index contributed by atoms with van der Waals surface area (Å²) < 4.78 is 6.72. The van der Waals surface area contributed by atoms with Gasteiger partial charge in [0.05, 0.1) is 3.57 Å². The molecule has 0 atom stereocenters. The predicted molar refractivity (Wildman–Crippen MR) is 96.5 cm³/mol. The van der Waals surface area contributed by atoms with Crippen LogP contribution in [0.4, 0.5) is 0 Å². The summed E-state index contributed by atoms with van der Waals surface area (Å²) in [6.45, 7) is -0.785. The number of para-hydroxylation sites is 1. The highest BCUT2D eigenvalue weighted by Crippen LogP contribution is 2.26. The molecule has 0 fully saturated rings. The molecule has 24 heavy (non-hydrogen) atoms. The van der Waals surface area contributed by atoms with Gasteiger partial charge in [0.25, 0.3) is 0 Å². The molecular formula is C17H14INO5. The van der Waals surface area contributed by atoms with Crippen molar-refractivity contribution in [3.63, 3.8) is 0 Å². The van der Waals surface area contributed by atoms with Crippen molar-refractivity contribution >= 4 is 40.5 Å². The Kier molecular flexibility index (Phi) is 6.33. The summed E-state index contributed by atoms with van der Waals surface area (Å²) in [6, 6.07) is 14.3. The summed E-state index contributed by atoms with van der Waals surface area (Å²) >= 11 is 2.17. The SMILES string of the molecule is O=C(CO)N/C(=C/c1ccc(Oc2ccccc2I)cc1)C(=O)O. The fourth-order valence-electron chi connectivity index (χ4n) is 1.79. The maximum atomic E-state index is 11.1. The van der Waals surface area contributed by atoms with Gasteiger partial charge in [0.15, 0.2) is 0 Å². The number of aliphatic hydroxyl groups excluding tert-OH is 1. The minimum Gasteiger partial charge on any atom is -0.477 e. The van der Waals surface area contributed by atoms with Gasteiger partial charge in [0.2, 0.25) is 5.91 Å². The normalized spacial score (nSPS) is 11.0. The van der Waals surface area contributed by atoms with Crippen LogP contribution < -0.4 is 10.1 Å². The van der Waals surface area contributed by atoms with E-state index in [4.69, 9.17) is 14.9 Å². The highest BCUT2D eigenvalue weighted by molar-refractivity contribution is 14.1. The zero-order valence-corrected chi connectivity index (χ0v) is 14.6. The molecule has 0 aromatic heterocycles. The van der Waals surface area contributed by atoms with E-state index in [1.54, 1.807) is 24.3 Å². The second-order valence-electron chi connectivity index (χ2n) is 4.67. The molecule has 7 heteroatoms. The molecular weight excluding hydrogens is 425 g/mol. The van der Waals surface area contributed by atoms with E-state index in [9.17, 15) is 9.59 Å². The molecule has 1 amide bonds. The number of carboxylic acids is 1. The highest BCUT2D eigenvalue weighted by Gasteiger charge is 2.11. The monoisotopic (exact) mass is 439 g/mol. The molecule has 0 spiro atoms. The van der Waals surface area contributed by atoms with E-state index in [0.717, 1.165) is 9.32 Å². The fraction of sp³-hybridized carbons (Fsp3) is 0.0588. The second-order valence-corrected chi connectivity index (χ2v) is 5.83. The zero-order chi connectivity index (χ0) is 17.5. The molecule has 2 rings (SSSR count). The van der Waals surface area contributed by atoms with Gasteiger partial charge in [-0.25, -0.2) is 4.79 Å². The van der Waals surface area contributed by atoms with Crippen LogP contribution in [-0.2, 0) is 9.59 Å². The number of aliphatic carboxylic acids is 1. The fourth-order valence-corrected chi connectivity index (χ4v) is 2.29. The van der Waals surface area contributed by atoms with Crippen molar-refractivity contribution in [2.45, 2.75) is 0 Å². The Morgan fingerprint density at radius 1 is 1.12 bits per heavy atom. The summed E-state index contributed by atoms with van der Waals surface area (Å²) in [4.78, 5) is 22.2. The van der Waals surface area contributed by atoms with Gasteiger partial charge in [-0.3, -0.25) is 4.79 Å². The van der Waals surface area contributed by atoms with E-state index in [1.165, 1.54) is 6.08 Å². The van der Waals surface area contributed by atoms with Gasteiger partial charge >= 0.3 is 5.97 Å². The first-order chi connectivity index (χ1) is 11.5. The molecule has 3 N–H and O–H groups in total. The largest absolute Gasteiger partial charge is 0.477 e. The number of aliphatic hydroxyl groups is 1. The Morgan fingerprint density at radius 2 is 1.79 bits per heavy atom. The number of amides is 1. The van der Waals surface area contributed by atoms with Gasteiger partial charge < -0.3 is 20.3 Å². The van der Waals surface area contributed by atoms with Crippen LogP contribution in [0.25, 0.3) is 6.08 Å². The number of ether oxygens (including phenoxy) is 1. The lowest BCUT2D eigenvalue weighted by Crippen LogP contribution is -2.29. The topological polar surface area (TPSA) is 95.9 Å². The number of hydrogen-bond acceptors (Lipinski definition) is 4. The lowest BCUT2D eigenvalue weighted by Gasteiger charge is -2.08. The van der Waals surface area contributed by atoms with E-state index in [1.807, 2.05) is 24.3 Å². The Balaban J connectivity index is 2.16. The van der Waals surface area contributed by atoms with Crippen molar-refractivity contribution in [3.8, 4) is 11.5 Å². The number of halogens is 1. The summed E-state index contributed by atoms with van der Waals surface area (Å²) in [6.07, 6.45) is 1.30. The smallest absolute Gasteiger partial charge is 0.352 e. The van der Waals surface area contributed by atoms with Crippen molar-refractivity contribution in [3.05, 3.63) is 63.4 Å². The number of benzene rings is 2. The Hall–Kier alpha value is -2.39. The third-order valence-corrected chi connectivity index (χ3v) is 3.79. The maximum absolute atomic E-state index is 11.1. The van der Waals surface area contributed by atoms with Gasteiger partial charge in [-0.05, 0) is 58.5 Å². The Bertz CT molecular complexity index is 771. The minimum absolute atomic E-state index is 0.319. The number of rotatable bonds is 6. The molecule has 0 aliphatic rings. The van der Waals surface area contributed by atoms with Gasteiger partial charge in [-0.1, -0.05) is 24.3 Å². The molecule has 0 unspecified atom stereocenters. The molecule has 2 aromatic rings. The van der Waals surface area contributed by atoms with Crippen molar-refractivity contribution in [1.29, 1.82) is 0 Å². The number of carbonyl (C=O) groups is 2. The molecule has 2 aromatic carbocycles. The first-order valence-corrected chi connectivity index (χ1v) is 7.95. The molecule has 0 saturated carbocycles. The second kappa shape index (κ2) is 8.46. The van der Waals surface area contributed by atoms with Crippen LogP contribution in [0, 0.1) is 3.57 Å². The van der Waals surface area contributed by atoms with Gasteiger partial charge in [0.1, 0.15) is 23.8 Å². The van der Waals surface area contributed by atoms with Crippen LogP contribution in [0.3, 0.4) is 0 Å². The van der Waals surface area contributed by atoms with Gasteiger partial charge in [-0.2, -0.15) is 0 Å². The van der Waals surface area contributed by atoms with Crippen molar-refractivity contribution < 1.29 is 24.5 Å². The van der Waals surface area contributed by atoms with Crippen molar-refractivity contribution in [2.75, 3.05) is 6.61 Å². The third-order valence-electron chi connectivity index (χ3n) is 2.90.